The molecule has 4 rings (SSSR count). The minimum atomic E-state index is -0.571. The topological polar surface area (TPSA) is 107 Å². The van der Waals surface area contributed by atoms with E-state index in [9.17, 15) is 9.59 Å². The van der Waals surface area contributed by atoms with Crippen molar-refractivity contribution in [2.45, 2.75) is 25.3 Å². The Labute approximate surface area is 203 Å². The molecule has 2 aliphatic rings. The summed E-state index contributed by atoms with van der Waals surface area (Å²) in [7, 11) is 1.70. The number of hydrogen-bond donors (Lipinski definition) is 3. The molecule has 3 amide bonds. The molecule has 176 valence electrons. The largest absolute Gasteiger partial charge is 0.384 e. The van der Waals surface area contributed by atoms with Crippen LogP contribution in [0.4, 0.5) is 16.3 Å². The number of rotatable bonds is 2. The lowest BCUT2D eigenvalue weighted by molar-refractivity contribution is -0.128. The quantitative estimate of drug-likeness (QED) is 0.555. The van der Waals surface area contributed by atoms with Crippen molar-refractivity contribution < 1.29 is 9.59 Å². The first-order chi connectivity index (χ1) is 15.9. The zero-order valence-corrected chi connectivity index (χ0v) is 20.1. The summed E-state index contributed by atoms with van der Waals surface area (Å²) in [6.07, 6.45) is 2.32. The molecular formula is C22H28ClN7O2S. The fourth-order valence-electron chi connectivity index (χ4n) is 4.37. The normalized spacial score (nSPS) is 19.4. The van der Waals surface area contributed by atoms with Crippen LogP contribution in [-0.4, -0.2) is 77.6 Å². The Morgan fingerprint density at radius 1 is 1.18 bits per heavy atom. The van der Waals surface area contributed by atoms with Crippen molar-refractivity contribution in [3.8, 4) is 0 Å². The molecule has 1 aromatic heterocycles. The number of carbonyl (C=O) groups is 2. The molecular weight excluding hydrogens is 462 g/mol. The van der Waals surface area contributed by atoms with Gasteiger partial charge in [0.2, 0.25) is 0 Å². The highest BCUT2D eigenvalue weighted by molar-refractivity contribution is 7.80. The third-order valence-corrected chi connectivity index (χ3v) is 6.78. The van der Waals surface area contributed by atoms with Crippen molar-refractivity contribution in [2.75, 3.05) is 50.4 Å². The maximum Gasteiger partial charge on any atom is 0.318 e. The van der Waals surface area contributed by atoms with Crippen molar-refractivity contribution >= 4 is 63.3 Å². The summed E-state index contributed by atoms with van der Waals surface area (Å²) in [5.41, 5.74) is 7.74. The van der Waals surface area contributed by atoms with Crippen LogP contribution in [0.2, 0.25) is 5.02 Å². The number of urea groups is 1. The molecule has 2 fully saturated rings. The molecule has 2 aromatic rings. The van der Waals surface area contributed by atoms with Gasteiger partial charge in [0.05, 0.1) is 5.52 Å². The number of nitrogen functional groups attached to an aromatic ring is 1. The van der Waals surface area contributed by atoms with Gasteiger partial charge in [0.25, 0.3) is 5.91 Å². The summed E-state index contributed by atoms with van der Waals surface area (Å²) < 4.78 is 0. The highest BCUT2D eigenvalue weighted by atomic mass is 35.5. The number of nitrogens with two attached hydrogens (primary N) is 1. The fraction of sp³-hybridized carbons (Fsp3) is 0.455. The van der Waals surface area contributed by atoms with Gasteiger partial charge in [0, 0.05) is 61.9 Å². The Balaban J connectivity index is 1.41. The van der Waals surface area contributed by atoms with E-state index in [0.29, 0.717) is 55.1 Å². The average molecular weight is 490 g/mol. The van der Waals surface area contributed by atoms with Gasteiger partial charge in [-0.3, -0.25) is 9.69 Å². The van der Waals surface area contributed by atoms with Crippen LogP contribution in [0, 0.1) is 0 Å². The smallest absolute Gasteiger partial charge is 0.318 e. The highest BCUT2D eigenvalue weighted by Gasteiger charge is 2.32. The van der Waals surface area contributed by atoms with Crippen LogP contribution < -0.4 is 21.3 Å². The standard InChI is InChI=1S/C22H28ClN7O2S/c1-25-22(33)30-7-3-2-4-16(20(30)31)27-21(32)29-10-8-28(9-11-29)18-13-19(24)26-17-12-14(23)5-6-15(17)18/h5-6,12-13,16H,2-4,7-11H2,1H3,(H2,24,26)(H,25,33)(H,27,32). The summed E-state index contributed by atoms with van der Waals surface area (Å²) in [5, 5.41) is 7.75. The lowest BCUT2D eigenvalue weighted by Crippen LogP contribution is -2.57. The monoisotopic (exact) mass is 489 g/mol. The predicted octanol–water partition coefficient (Wildman–Crippen LogP) is 2.19. The van der Waals surface area contributed by atoms with Crippen LogP contribution >= 0.6 is 23.8 Å². The van der Waals surface area contributed by atoms with Gasteiger partial charge in [-0.1, -0.05) is 11.6 Å². The highest BCUT2D eigenvalue weighted by Crippen LogP contribution is 2.30. The van der Waals surface area contributed by atoms with Gasteiger partial charge in [-0.25, -0.2) is 9.78 Å². The van der Waals surface area contributed by atoms with E-state index >= 15 is 0 Å². The predicted molar refractivity (Wildman–Crippen MR) is 134 cm³/mol. The molecule has 2 saturated heterocycles. The molecule has 0 saturated carbocycles. The summed E-state index contributed by atoms with van der Waals surface area (Å²) in [4.78, 5) is 35.7. The second kappa shape index (κ2) is 9.96. The minimum Gasteiger partial charge on any atom is -0.384 e. The van der Waals surface area contributed by atoms with Crippen molar-refractivity contribution in [2.24, 2.45) is 0 Å². The van der Waals surface area contributed by atoms with Crippen molar-refractivity contribution in [3.05, 3.63) is 29.3 Å². The zero-order chi connectivity index (χ0) is 23.5. The fourth-order valence-corrected chi connectivity index (χ4v) is 4.71. The number of nitrogens with one attached hydrogen (secondary N) is 2. The molecule has 0 bridgehead atoms. The number of benzene rings is 1. The van der Waals surface area contributed by atoms with E-state index in [1.54, 1.807) is 22.9 Å². The summed E-state index contributed by atoms with van der Waals surface area (Å²) in [6, 6.07) is 6.64. The number of nitrogens with zero attached hydrogens (tertiary/aromatic N) is 4. The Morgan fingerprint density at radius 3 is 2.67 bits per heavy atom. The van der Waals surface area contributed by atoms with Crippen LogP contribution in [-0.2, 0) is 4.79 Å². The van der Waals surface area contributed by atoms with Crippen LogP contribution in [0.5, 0.6) is 0 Å². The SMILES string of the molecule is CNC(=S)N1CCCCC(NC(=O)N2CCN(c3cc(N)nc4cc(Cl)ccc34)CC2)C1=O. The Hall–Kier alpha value is -2.85. The van der Waals surface area contributed by atoms with Crippen LogP contribution in [0.15, 0.2) is 24.3 Å². The number of carbonyl (C=O) groups excluding carboxylic acids is 2. The van der Waals surface area contributed by atoms with Gasteiger partial charge in [-0.15, -0.1) is 0 Å². The van der Waals surface area contributed by atoms with Gasteiger partial charge >= 0.3 is 6.03 Å². The lowest BCUT2D eigenvalue weighted by Gasteiger charge is -2.37. The van der Waals surface area contributed by atoms with Gasteiger partial charge in [-0.2, -0.15) is 0 Å². The maximum absolute atomic E-state index is 12.9. The van der Waals surface area contributed by atoms with Crippen LogP contribution in [0.25, 0.3) is 10.9 Å². The number of aromatic nitrogens is 1. The number of anilines is 2. The lowest BCUT2D eigenvalue weighted by atomic mass is 10.1. The van der Waals surface area contributed by atoms with Gasteiger partial charge in [0.1, 0.15) is 11.9 Å². The summed E-state index contributed by atoms with van der Waals surface area (Å²) in [5.74, 6) is 0.270. The molecule has 33 heavy (non-hydrogen) atoms. The number of thiocarbonyl (C=S) groups is 1. The number of hydrogen-bond acceptors (Lipinski definition) is 6. The first-order valence-corrected chi connectivity index (χ1v) is 11.9. The zero-order valence-electron chi connectivity index (χ0n) is 18.5. The first-order valence-electron chi connectivity index (χ1n) is 11.1. The average Bonchev–Trinajstić information content (AvgIpc) is 2.99. The van der Waals surface area contributed by atoms with Gasteiger partial charge in [0.15, 0.2) is 5.11 Å². The number of fused-ring (bicyclic) bond motifs is 1. The van der Waals surface area contributed by atoms with E-state index in [2.05, 4.69) is 20.5 Å². The van der Waals surface area contributed by atoms with Crippen LogP contribution in [0.1, 0.15) is 19.3 Å². The molecule has 1 atom stereocenters. The first kappa shape index (κ1) is 23.3. The molecule has 2 aliphatic heterocycles. The molecule has 1 aromatic carbocycles. The summed E-state index contributed by atoms with van der Waals surface area (Å²) >= 11 is 11.4. The van der Waals surface area contributed by atoms with Crippen LogP contribution in [0.3, 0.4) is 0 Å². The van der Waals surface area contributed by atoms with Gasteiger partial charge in [-0.05, 0) is 49.7 Å². The molecule has 11 heteroatoms. The number of pyridine rings is 1. The second-order valence-electron chi connectivity index (χ2n) is 8.24. The Morgan fingerprint density at radius 2 is 1.94 bits per heavy atom. The van der Waals surface area contributed by atoms with E-state index in [-0.39, 0.29) is 11.9 Å². The van der Waals surface area contributed by atoms with Gasteiger partial charge < -0.3 is 26.2 Å². The number of halogens is 1. The molecule has 9 nitrogen and oxygen atoms in total. The Kier molecular flexibility index (Phi) is 7.04. The molecule has 0 radical (unpaired) electrons. The van der Waals surface area contributed by atoms with Crippen molar-refractivity contribution in [3.63, 3.8) is 0 Å². The molecule has 1 unspecified atom stereocenters. The second-order valence-corrected chi connectivity index (χ2v) is 9.07. The van der Waals surface area contributed by atoms with E-state index in [1.165, 1.54) is 0 Å². The Bertz CT molecular complexity index is 1070. The van der Waals surface area contributed by atoms with E-state index in [4.69, 9.17) is 29.6 Å². The molecule has 4 N–H and O–H groups in total. The third-order valence-electron chi connectivity index (χ3n) is 6.12. The van der Waals surface area contributed by atoms with E-state index in [1.807, 2.05) is 18.2 Å². The summed E-state index contributed by atoms with van der Waals surface area (Å²) in [6.45, 7) is 2.91. The minimum absolute atomic E-state index is 0.156. The van der Waals surface area contributed by atoms with E-state index < -0.39 is 6.04 Å². The number of likely N-dealkylation sites (tertiary alicyclic amines) is 1. The molecule has 0 spiro atoms. The number of piperazine rings is 1. The third kappa shape index (κ3) is 5.06. The van der Waals surface area contributed by atoms with E-state index in [0.717, 1.165) is 29.4 Å². The number of amides is 3. The van der Waals surface area contributed by atoms with Crippen molar-refractivity contribution in [1.82, 2.24) is 25.4 Å². The maximum atomic E-state index is 12.9. The molecule has 3 heterocycles. The van der Waals surface area contributed by atoms with Crippen molar-refractivity contribution in [1.29, 1.82) is 0 Å². The molecule has 0 aliphatic carbocycles.